The number of para-hydroxylation sites is 1. The molecule has 1 fully saturated rings. The van der Waals surface area contributed by atoms with Crippen LogP contribution in [0, 0.1) is 11.3 Å². The fourth-order valence-corrected chi connectivity index (χ4v) is 2.06. The number of nitrogens with zero attached hydrogens (tertiary/aromatic N) is 3. The summed E-state index contributed by atoms with van der Waals surface area (Å²) in [6.45, 7) is 0. The van der Waals surface area contributed by atoms with Gasteiger partial charge in [-0.15, -0.1) is 0 Å². The standard InChI is InChI=1S/C15H15N5/c1-17-15-19-13(10-6-7-10)8-14(20-15)18-12-5-3-2-4-11(12)9-16/h2-5,8,10H,6-7H2,1H3,(H2,17,18,19,20). The smallest absolute Gasteiger partial charge is 0.224 e. The van der Waals surface area contributed by atoms with Crippen molar-refractivity contribution in [1.82, 2.24) is 9.97 Å². The number of nitriles is 1. The lowest BCUT2D eigenvalue weighted by molar-refractivity contribution is 0.991. The summed E-state index contributed by atoms with van der Waals surface area (Å²) in [6, 6.07) is 11.5. The number of aromatic nitrogens is 2. The van der Waals surface area contributed by atoms with Crippen LogP contribution in [0.25, 0.3) is 0 Å². The third kappa shape index (κ3) is 2.54. The first-order chi connectivity index (χ1) is 9.80. The van der Waals surface area contributed by atoms with Crippen molar-refractivity contribution in [3.05, 3.63) is 41.6 Å². The van der Waals surface area contributed by atoms with Gasteiger partial charge in [-0.3, -0.25) is 0 Å². The van der Waals surface area contributed by atoms with Gasteiger partial charge in [0, 0.05) is 19.0 Å². The summed E-state index contributed by atoms with van der Waals surface area (Å²) in [4.78, 5) is 8.86. The monoisotopic (exact) mass is 265 g/mol. The van der Waals surface area contributed by atoms with Crippen LogP contribution in [-0.4, -0.2) is 17.0 Å². The summed E-state index contributed by atoms with van der Waals surface area (Å²) < 4.78 is 0. The van der Waals surface area contributed by atoms with Gasteiger partial charge >= 0.3 is 0 Å². The molecule has 100 valence electrons. The van der Waals surface area contributed by atoms with Crippen LogP contribution in [0.5, 0.6) is 0 Å². The summed E-state index contributed by atoms with van der Waals surface area (Å²) in [7, 11) is 1.80. The zero-order valence-electron chi connectivity index (χ0n) is 11.2. The normalized spacial score (nSPS) is 13.6. The van der Waals surface area contributed by atoms with E-state index in [4.69, 9.17) is 5.26 Å². The fraction of sp³-hybridized carbons (Fsp3) is 0.267. The molecule has 5 heteroatoms. The number of rotatable bonds is 4. The topological polar surface area (TPSA) is 73.6 Å². The molecule has 3 rings (SSSR count). The van der Waals surface area contributed by atoms with Gasteiger partial charge in [0.25, 0.3) is 0 Å². The molecule has 1 aromatic carbocycles. The van der Waals surface area contributed by atoms with Gasteiger partial charge in [-0.05, 0) is 25.0 Å². The highest BCUT2D eigenvalue weighted by Crippen LogP contribution is 2.40. The Labute approximate surface area is 117 Å². The molecule has 1 saturated carbocycles. The summed E-state index contributed by atoms with van der Waals surface area (Å²) >= 11 is 0. The van der Waals surface area contributed by atoms with Crippen LogP contribution in [0.3, 0.4) is 0 Å². The fourth-order valence-electron chi connectivity index (χ4n) is 2.06. The van der Waals surface area contributed by atoms with Gasteiger partial charge in [0.2, 0.25) is 5.95 Å². The molecule has 0 amide bonds. The van der Waals surface area contributed by atoms with E-state index in [1.165, 1.54) is 12.8 Å². The van der Waals surface area contributed by atoms with E-state index < -0.39 is 0 Å². The van der Waals surface area contributed by atoms with E-state index in [-0.39, 0.29) is 0 Å². The van der Waals surface area contributed by atoms with Crippen LogP contribution in [0.2, 0.25) is 0 Å². The molecule has 0 spiro atoms. The Bertz CT molecular complexity index is 670. The molecule has 2 aromatic rings. The molecular formula is C15H15N5. The summed E-state index contributed by atoms with van der Waals surface area (Å²) in [5, 5.41) is 15.3. The zero-order valence-corrected chi connectivity index (χ0v) is 11.2. The van der Waals surface area contributed by atoms with Gasteiger partial charge in [-0.25, -0.2) is 4.98 Å². The number of benzene rings is 1. The predicted octanol–water partition coefficient (Wildman–Crippen LogP) is 3.01. The molecule has 0 unspecified atom stereocenters. The lowest BCUT2D eigenvalue weighted by atomic mass is 10.2. The van der Waals surface area contributed by atoms with E-state index in [0.717, 1.165) is 11.4 Å². The van der Waals surface area contributed by atoms with Crippen molar-refractivity contribution in [1.29, 1.82) is 5.26 Å². The summed E-state index contributed by atoms with van der Waals surface area (Å²) in [6.07, 6.45) is 2.38. The molecule has 0 radical (unpaired) electrons. The number of hydrogen-bond acceptors (Lipinski definition) is 5. The van der Waals surface area contributed by atoms with Crippen LogP contribution in [-0.2, 0) is 0 Å². The number of nitrogens with one attached hydrogen (secondary N) is 2. The minimum atomic E-state index is 0.553. The Hall–Kier alpha value is -2.61. The van der Waals surface area contributed by atoms with Gasteiger partial charge in [0.05, 0.1) is 16.9 Å². The molecule has 1 aliphatic rings. The quantitative estimate of drug-likeness (QED) is 0.889. The van der Waals surface area contributed by atoms with E-state index in [0.29, 0.717) is 23.2 Å². The van der Waals surface area contributed by atoms with Gasteiger partial charge < -0.3 is 10.6 Å². The maximum atomic E-state index is 9.11. The van der Waals surface area contributed by atoms with E-state index in [2.05, 4.69) is 26.7 Å². The van der Waals surface area contributed by atoms with Crippen LogP contribution in [0.1, 0.15) is 30.0 Å². The average Bonchev–Trinajstić information content (AvgIpc) is 3.32. The Morgan fingerprint density at radius 2 is 2.05 bits per heavy atom. The minimum absolute atomic E-state index is 0.553. The molecule has 0 saturated heterocycles. The second kappa shape index (κ2) is 5.17. The second-order valence-electron chi connectivity index (χ2n) is 4.81. The molecule has 5 nitrogen and oxygen atoms in total. The van der Waals surface area contributed by atoms with Crippen LogP contribution < -0.4 is 10.6 Å². The van der Waals surface area contributed by atoms with Crippen LogP contribution >= 0.6 is 0 Å². The molecule has 0 atom stereocenters. The van der Waals surface area contributed by atoms with Gasteiger partial charge in [-0.1, -0.05) is 12.1 Å². The minimum Gasteiger partial charge on any atom is -0.357 e. The van der Waals surface area contributed by atoms with Crippen molar-refractivity contribution in [3.8, 4) is 6.07 Å². The molecule has 20 heavy (non-hydrogen) atoms. The lowest BCUT2D eigenvalue weighted by Gasteiger charge is -2.10. The van der Waals surface area contributed by atoms with E-state index >= 15 is 0 Å². The van der Waals surface area contributed by atoms with Crippen molar-refractivity contribution in [3.63, 3.8) is 0 Å². The molecule has 0 bridgehead atoms. The summed E-state index contributed by atoms with van der Waals surface area (Å²) in [5.41, 5.74) is 2.42. The van der Waals surface area contributed by atoms with Crippen molar-refractivity contribution >= 4 is 17.5 Å². The largest absolute Gasteiger partial charge is 0.357 e. The highest BCUT2D eigenvalue weighted by atomic mass is 15.1. The first-order valence-corrected chi connectivity index (χ1v) is 6.63. The van der Waals surface area contributed by atoms with Gasteiger partial charge in [0.15, 0.2) is 0 Å². The second-order valence-corrected chi connectivity index (χ2v) is 4.81. The van der Waals surface area contributed by atoms with Crippen LogP contribution in [0.15, 0.2) is 30.3 Å². The van der Waals surface area contributed by atoms with E-state index in [9.17, 15) is 0 Å². The Morgan fingerprint density at radius 3 is 2.75 bits per heavy atom. The van der Waals surface area contributed by atoms with Crippen molar-refractivity contribution in [2.75, 3.05) is 17.7 Å². The van der Waals surface area contributed by atoms with E-state index in [1.54, 1.807) is 13.1 Å². The Morgan fingerprint density at radius 1 is 1.25 bits per heavy atom. The third-order valence-corrected chi connectivity index (χ3v) is 3.28. The van der Waals surface area contributed by atoms with Gasteiger partial charge in [-0.2, -0.15) is 10.2 Å². The van der Waals surface area contributed by atoms with E-state index in [1.807, 2.05) is 24.3 Å². The summed E-state index contributed by atoms with van der Waals surface area (Å²) in [5.74, 6) is 1.87. The SMILES string of the molecule is CNc1nc(Nc2ccccc2C#N)cc(C2CC2)n1. The molecular weight excluding hydrogens is 250 g/mol. The highest BCUT2D eigenvalue weighted by molar-refractivity contribution is 5.65. The van der Waals surface area contributed by atoms with Crippen molar-refractivity contribution in [2.45, 2.75) is 18.8 Å². The first-order valence-electron chi connectivity index (χ1n) is 6.63. The zero-order chi connectivity index (χ0) is 13.9. The Kier molecular flexibility index (Phi) is 3.21. The molecule has 1 aromatic heterocycles. The average molecular weight is 265 g/mol. The molecule has 2 N–H and O–H groups in total. The lowest BCUT2D eigenvalue weighted by Crippen LogP contribution is -2.03. The Balaban J connectivity index is 1.93. The molecule has 1 heterocycles. The van der Waals surface area contributed by atoms with Gasteiger partial charge in [0.1, 0.15) is 11.9 Å². The first kappa shape index (κ1) is 12.4. The molecule has 1 aliphatic carbocycles. The number of hydrogen-bond donors (Lipinski definition) is 2. The predicted molar refractivity (Wildman–Crippen MR) is 78.0 cm³/mol. The maximum absolute atomic E-state index is 9.11. The maximum Gasteiger partial charge on any atom is 0.224 e. The van der Waals surface area contributed by atoms with Crippen molar-refractivity contribution < 1.29 is 0 Å². The highest BCUT2D eigenvalue weighted by Gasteiger charge is 2.26. The van der Waals surface area contributed by atoms with Crippen molar-refractivity contribution in [2.24, 2.45) is 0 Å². The number of anilines is 3. The van der Waals surface area contributed by atoms with Crippen LogP contribution in [0.4, 0.5) is 17.5 Å². The molecule has 0 aliphatic heterocycles. The third-order valence-electron chi connectivity index (χ3n) is 3.28.